The number of hydrogen-bond donors (Lipinski definition) is 3. The number of methoxy groups -OCH3 is 2. The van der Waals surface area contributed by atoms with E-state index in [1.54, 1.807) is 35.7 Å². The Morgan fingerprint density at radius 2 is 1.49 bits per heavy atom. The number of likely N-dealkylation sites (N-methyl/N-ethyl adjacent to an activating group) is 2. The van der Waals surface area contributed by atoms with Gasteiger partial charge in [-0.05, 0) is 87.9 Å². The number of carboxylic acids is 1. The number of nitrogens with one attached hydrogen (secondary N) is 2. The smallest absolute Gasteiger partial charge is 0.326 e. The number of aliphatic carboxylic acids is 1. The first-order chi connectivity index (χ1) is 36.5. The summed E-state index contributed by atoms with van der Waals surface area (Å²) in [6.07, 6.45) is 14.9. The number of likely N-dealkylation sites (tertiary alicyclic amines) is 1. The Hall–Kier alpha value is -5.72. The minimum Gasteiger partial charge on any atom is -0.480 e. The number of unbranched alkanes of at least 4 members (excludes halogenated alkanes) is 2. The van der Waals surface area contributed by atoms with Gasteiger partial charge in [-0.1, -0.05) is 111 Å². The molecule has 18 nitrogen and oxygen atoms in total. The maximum atomic E-state index is 14.3. The van der Waals surface area contributed by atoms with Crippen LogP contribution in [0.2, 0.25) is 0 Å². The van der Waals surface area contributed by atoms with Crippen LogP contribution in [0.5, 0.6) is 0 Å². The zero-order valence-corrected chi connectivity index (χ0v) is 48.9. The lowest BCUT2D eigenvalue weighted by Crippen LogP contribution is -2.55. The third kappa shape index (κ3) is 21.2. The number of allylic oxidation sites excluding steroid dienone is 4. The van der Waals surface area contributed by atoms with Crippen molar-refractivity contribution >= 4 is 53.0 Å². The summed E-state index contributed by atoms with van der Waals surface area (Å²) in [5, 5.41) is 15.5. The summed E-state index contributed by atoms with van der Waals surface area (Å²) in [6, 6.07) is 5.12. The number of hydrogen-bond acceptors (Lipinski definition) is 11. The number of anilines is 1. The van der Waals surface area contributed by atoms with E-state index in [4.69, 9.17) is 9.47 Å². The molecule has 7 amide bonds. The summed E-state index contributed by atoms with van der Waals surface area (Å²) < 4.78 is 11.9. The van der Waals surface area contributed by atoms with Crippen LogP contribution in [0.4, 0.5) is 5.69 Å². The minimum absolute atomic E-state index is 0.0312. The van der Waals surface area contributed by atoms with E-state index in [1.807, 2.05) is 102 Å². The number of carboxylic acid groups (broad SMARTS) is 1. The Bertz CT molecular complexity index is 2130. The standard InChI is InChI=1S/C56H87N7O11.C3H8/c1-13-15-17-21-38(5)34-43(56(71)72)58-54(69)40(7)53(74-12)44-22-20-32-62(44)49(67)35-45(73-11)52(39(6)14-2)61(10)50(68)36-57-55(70)51(37(3)4)59(8)33-30-41-24-26-42(27-25-41)60(9)46(64)23-18-16-19-31-63-47(65)28-29-48(63)66;1-3-2/h13,15,17,21,24-29,37-40,43-45,51-53H,14,16,18-20,22-23,30-36H2,1-12H3,(H,57,70)(H,58,69)(H,71,72);3H2,1-2H3/b15-13-,21-17-;/t38?,39?,40-,43+,44+,45?,51?,52?,53-;/m1./s1. The van der Waals surface area contributed by atoms with E-state index in [-0.39, 0.29) is 72.6 Å². The predicted molar refractivity (Wildman–Crippen MR) is 302 cm³/mol. The molecule has 2 aliphatic heterocycles. The summed E-state index contributed by atoms with van der Waals surface area (Å²) in [4.78, 5) is 112. The van der Waals surface area contributed by atoms with Gasteiger partial charge in [-0.25, -0.2) is 4.79 Å². The molecule has 9 atom stereocenters. The Balaban J connectivity index is 0.00000659. The molecule has 0 radical (unpaired) electrons. The Morgan fingerprint density at radius 3 is 2.05 bits per heavy atom. The van der Waals surface area contributed by atoms with Gasteiger partial charge in [0.1, 0.15) is 6.04 Å². The fraction of sp³-hybridized carbons (Fsp3) is 0.661. The minimum atomic E-state index is -1.13. The molecular weight excluding hydrogens is 983 g/mol. The number of ether oxygens (including phenoxy) is 2. The van der Waals surface area contributed by atoms with Crippen molar-refractivity contribution in [2.45, 2.75) is 169 Å². The molecule has 5 unspecified atom stereocenters. The van der Waals surface area contributed by atoms with Gasteiger partial charge >= 0.3 is 5.97 Å². The fourth-order valence-corrected chi connectivity index (χ4v) is 10.1. The highest BCUT2D eigenvalue weighted by Gasteiger charge is 2.43. The zero-order chi connectivity index (χ0) is 57.9. The van der Waals surface area contributed by atoms with Gasteiger partial charge in [0.15, 0.2) is 0 Å². The molecule has 2 aliphatic rings. The van der Waals surface area contributed by atoms with Gasteiger partial charge < -0.3 is 39.9 Å². The molecule has 0 spiro atoms. The molecule has 0 saturated carbocycles. The topological polar surface area (TPSA) is 216 Å². The van der Waals surface area contributed by atoms with E-state index in [0.29, 0.717) is 71.0 Å². The Morgan fingerprint density at radius 1 is 0.857 bits per heavy atom. The van der Waals surface area contributed by atoms with Crippen LogP contribution < -0.4 is 15.5 Å². The van der Waals surface area contributed by atoms with E-state index >= 15 is 0 Å². The lowest BCUT2D eigenvalue weighted by molar-refractivity contribution is -0.147. The molecular formula is C59H95N7O11. The molecule has 3 rings (SSSR count). The molecule has 0 aromatic heterocycles. The maximum absolute atomic E-state index is 14.3. The quantitative estimate of drug-likeness (QED) is 0.0385. The van der Waals surface area contributed by atoms with Crippen LogP contribution in [0, 0.1) is 23.7 Å². The second-order valence-electron chi connectivity index (χ2n) is 21.1. The normalized spacial score (nSPS) is 17.7. The van der Waals surface area contributed by atoms with Crippen LogP contribution >= 0.6 is 0 Å². The van der Waals surface area contributed by atoms with Gasteiger partial charge in [-0.2, -0.15) is 0 Å². The van der Waals surface area contributed by atoms with Gasteiger partial charge in [-0.3, -0.25) is 43.4 Å². The highest BCUT2D eigenvalue weighted by molar-refractivity contribution is 6.12. The zero-order valence-electron chi connectivity index (χ0n) is 48.9. The molecule has 432 valence electrons. The predicted octanol–water partition coefficient (Wildman–Crippen LogP) is 6.81. The number of carbonyl (C=O) groups excluding carboxylic acids is 7. The molecule has 77 heavy (non-hydrogen) atoms. The molecule has 3 N–H and O–H groups in total. The van der Waals surface area contributed by atoms with Gasteiger partial charge in [0.2, 0.25) is 29.5 Å². The molecule has 1 fully saturated rings. The van der Waals surface area contributed by atoms with E-state index in [0.717, 1.165) is 11.3 Å². The van der Waals surface area contributed by atoms with Crippen LogP contribution in [0.1, 0.15) is 132 Å². The average molecular weight is 1080 g/mol. The van der Waals surface area contributed by atoms with Gasteiger partial charge in [-0.15, -0.1) is 0 Å². The summed E-state index contributed by atoms with van der Waals surface area (Å²) in [7, 11) is 8.29. The van der Waals surface area contributed by atoms with E-state index < -0.39 is 54.2 Å². The summed E-state index contributed by atoms with van der Waals surface area (Å²) in [5.41, 5.74) is 1.79. The number of nitrogens with zero attached hydrogens (tertiary/aromatic N) is 5. The molecule has 0 bridgehead atoms. The lowest BCUT2D eigenvalue weighted by atomic mass is 9.90. The first kappa shape index (κ1) is 67.4. The van der Waals surface area contributed by atoms with Crippen molar-refractivity contribution in [3.05, 3.63) is 66.3 Å². The van der Waals surface area contributed by atoms with Crippen LogP contribution in [-0.4, -0.2) is 170 Å². The molecule has 1 saturated heterocycles. The van der Waals surface area contributed by atoms with E-state index in [1.165, 1.54) is 37.7 Å². The first-order valence-corrected chi connectivity index (χ1v) is 27.8. The largest absolute Gasteiger partial charge is 0.480 e. The van der Waals surface area contributed by atoms with Gasteiger partial charge in [0.25, 0.3) is 11.8 Å². The van der Waals surface area contributed by atoms with Crippen LogP contribution in [0.25, 0.3) is 0 Å². The highest BCUT2D eigenvalue weighted by atomic mass is 16.5. The molecule has 18 heteroatoms. The SMILES string of the molecule is C/C=C\C=C/C(C)C[C@H](NC(=O)[C@H](C)[C@@H](OC)[C@@H]1CCCN1C(=O)CC(OC)C(C(C)CC)N(C)C(=O)CNC(=O)C(C(C)C)N(C)CCc1ccc(N(C)C(=O)CCCCCN2C(=O)C=CC2=O)cc1)C(=O)O.CCC. The van der Waals surface area contributed by atoms with E-state index in [9.17, 15) is 43.5 Å². The van der Waals surface area contributed by atoms with Crippen molar-refractivity contribution in [2.75, 3.05) is 66.4 Å². The van der Waals surface area contributed by atoms with Crippen LogP contribution in [0.15, 0.2) is 60.7 Å². The number of benzene rings is 1. The van der Waals surface area contributed by atoms with Crippen molar-refractivity contribution in [1.29, 1.82) is 0 Å². The van der Waals surface area contributed by atoms with Crippen molar-refractivity contribution < 1.29 is 52.9 Å². The molecule has 2 heterocycles. The molecule has 1 aromatic carbocycles. The second-order valence-corrected chi connectivity index (χ2v) is 21.1. The van der Waals surface area contributed by atoms with Gasteiger partial charge in [0.05, 0.1) is 49.2 Å². The summed E-state index contributed by atoms with van der Waals surface area (Å²) in [5.74, 6) is -4.12. The van der Waals surface area contributed by atoms with Gasteiger partial charge in [0, 0.05) is 72.2 Å². The van der Waals surface area contributed by atoms with Crippen LogP contribution in [0.3, 0.4) is 0 Å². The number of amides is 7. The van der Waals surface area contributed by atoms with Crippen molar-refractivity contribution in [1.82, 2.24) is 30.2 Å². The van der Waals surface area contributed by atoms with Crippen LogP contribution in [-0.2, 0) is 54.3 Å². The lowest BCUT2D eigenvalue weighted by Gasteiger charge is -2.39. The van der Waals surface area contributed by atoms with Crippen molar-refractivity contribution in [3.63, 3.8) is 0 Å². The Labute approximate surface area is 460 Å². The molecule has 1 aromatic rings. The fourth-order valence-electron chi connectivity index (χ4n) is 10.1. The van der Waals surface area contributed by atoms with Crippen molar-refractivity contribution in [2.24, 2.45) is 23.7 Å². The number of carbonyl (C=O) groups is 8. The maximum Gasteiger partial charge on any atom is 0.326 e. The third-order valence-electron chi connectivity index (χ3n) is 14.7. The number of imide groups is 1. The van der Waals surface area contributed by atoms with E-state index in [2.05, 4.69) is 24.5 Å². The first-order valence-electron chi connectivity index (χ1n) is 27.8. The average Bonchev–Trinajstić information content (AvgIpc) is 4.01. The number of rotatable bonds is 32. The highest BCUT2D eigenvalue weighted by Crippen LogP contribution is 2.30. The summed E-state index contributed by atoms with van der Waals surface area (Å²) >= 11 is 0. The molecule has 0 aliphatic carbocycles. The Kier molecular flexibility index (Phi) is 30.6. The van der Waals surface area contributed by atoms with Crippen molar-refractivity contribution in [3.8, 4) is 0 Å². The second kappa shape index (κ2) is 34.9. The monoisotopic (exact) mass is 1080 g/mol. The summed E-state index contributed by atoms with van der Waals surface area (Å²) in [6.45, 7) is 18.7. The third-order valence-corrected chi connectivity index (χ3v) is 14.7.